The number of fused-ring (bicyclic) bond motifs is 1. The van der Waals surface area contributed by atoms with Gasteiger partial charge in [0.2, 0.25) is 0 Å². The van der Waals surface area contributed by atoms with Crippen LogP contribution in [0.5, 0.6) is 5.75 Å². The summed E-state index contributed by atoms with van der Waals surface area (Å²) in [6, 6.07) is 14.2. The third kappa shape index (κ3) is 3.23. The second-order valence-electron chi connectivity index (χ2n) is 6.83. The Morgan fingerprint density at radius 2 is 1.89 bits per heavy atom. The maximum Gasteiger partial charge on any atom is 0.142 e. The summed E-state index contributed by atoms with van der Waals surface area (Å²) in [5.41, 5.74) is 6.38. The molecule has 5 nitrogen and oxygen atoms in total. The summed E-state index contributed by atoms with van der Waals surface area (Å²) in [4.78, 5) is 4.79. The predicted molar refractivity (Wildman–Crippen MR) is 110 cm³/mol. The van der Waals surface area contributed by atoms with Crippen LogP contribution in [-0.4, -0.2) is 29.2 Å². The monoisotopic (exact) mass is 359 g/mol. The molecule has 0 unspecified atom stereocenters. The molecule has 0 atom stereocenters. The minimum atomic E-state index is 0.599. The van der Waals surface area contributed by atoms with Crippen molar-refractivity contribution in [3.05, 3.63) is 59.7 Å². The zero-order valence-electron chi connectivity index (χ0n) is 16.1. The van der Waals surface area contributed by atoms with Crippen LogP contribution >= 0.6 is 0 Å². The number of aryl methyl sites for hydroxylation is 3. The fourth-order valence-corrected chi connectivity index (χ4v) is 3.68. The molecule has 0 fully saturated rings. The van der Waals surface area contributed by atoms with Crippen LogP contribution in [-0.2, 0) is 6.54 Å². The summed E-state index contributed by atoms with van der Waals surface area (Å²) in [6.45, 7) is 7.30. The molecule has 4 rings (SSSR count). The number of aromatic nitrogens is 3. The van der Waals surface area contributed by atoms with Gasteiger partial charge in [-0.15, -0.1) is 0 Å². The van der Waals surface area contributed by atoms with Crippen LogP contribution in [0, 0.1) is 20.8 Å². The molecule has 0 spiro atoms. The minimum absolute atomic E-state index is 0.599. The minimum Gasteiger partial charge on any atom is -0.492 e. The van der Waals surface area contributed by atoms with Crippen molar-refractivity contribution in [1.29, 1.82) is 0 Å². The molecule has 0 amide bonds. The van der Waals surface area contributed by atoms with E-state index in [4.69, 9.17) is 14.2 Å². The van der Waals surface area contributed by atoms with Crippen LogP contribution in [0.2, 0.25) is 0 Å². The Morgan fingerprint density at radius 1 is 1.11 bits per heavy atom. The summed E-state index contributed by atoms with van der Waals surface area (Å²) < 4.78 is 13.4. The SMILES string of the molecule is Bc1cc(-c2c(C)noc2C)cc2nc(C)n(CCOc3ccccc3)c12. The molecule has 0 bridgehead atoms. The first-order chi connectivity index (χ1) is 13.0. The molecule has 4 aromatic rings. The van der Waals surface area contributed by atoms with Crippen molar-refractivity contribution >= 4 is 24.3 Å². The molecule has 0 aliphatic carbocycles. The van der Waals surface area contributed by atoms with Gasteiger partial charge in [-0.05, 0) is 44.5 Å². The van der Waals surface area contributed by atoms with Crippen LogP contribution in [0.1, 0.15) is 17.3 Å². The lowest BCUT2D eigenvalue weighted by Crippen LogP contribution is -2.15. The smallest absolute Gasteiger partial charge is 0.142 e. The molecule has 0 radical (unpaired) electrons. The lowest BCUT2D eigenvalue weighted by molar-refractivity contribution is 0.299. The summed E-state index contributed by atoms with van der Waals surface area (Å²) in [5.74, 6) is 2.70. The Morgan fingerprint density at radius 3 is 2.59 bits per heavy atom. The third-order valence-corrected chi connectivity index (χ3v) is 4.87. The molecule has 2 aromatic heterocycles. The van der Waals surface area contributed by atoms with Crippen molar-refractivity contribution in [3.8, 4) is 16.9 Å². The number of hydrogen-bond donors (Lipinski definition) is 0. The Bertz CT molecular complexity index is 1080. The topological polar surface area (TPSA) is 53.1 Å². The Hall–Kier alpha value is -3.02. The van der Waals surface area contributed by atoms with Gasteiger partial charge in [0.25, 0.3) is 0 Å². The maximum absolute atomic E-state index is 5.87. The van der Waals surface area contributed by atoms with E-state index in [1.807, 2.05) is 51.1 Å². The van der Waals surface area contributed by atoms with Gasteiger partial charge < -0.3 is 13.8 Å². The summed E-state index contributed by atoms with van der Waals surface area (Å²) in [5, 5.41) is 4.08. The second kappa shape index (κ2) is 6.95. The van der Waals surface area contributed by atoms with E-state index in [-0.39, 0.29) is 0 Å². The fraction of sp³-hybridized carbons (Fsp3) is 0.238. The van der Waals surface area contributed by atoms with E-state index in [9.17, 15) is 0 Å². The van der Waals surface area contributed by atoms with Gasteiger partial charge in [-0.25, -0.2) is 4.98 Å². The van der Waals surface area contributed by atoms with Gasteiger partial charge in [-0.1, -0.05) is 34.9 Å². The van der Waals surface area contributed by atoms with E-state index >= 15 is 0 Å². The van der Waals surface area contributed by atoms with E-state index in [2.05, 4.69) is 29.7 Å². The largest absolute Gasteiger partial charge is 0.492 e. The molecule has 0 aliphatic heterocycles. The molecular weight excluding hydrogens is 337 g/mol. The average molecular weight is 359 g/mol. The summed E-state index contributed by atoms with van der Waals surface area (Å²) in [7, 11) is 2.12. The van der Waals surface area contributed by atoms with Crippen molar-refractivity contribution < 1.29 is 9.26 Å². The van der Waals surface area contributed by atoms with Crippen LogP contribution in [0.25, 0.3) is 22.2 Å². The quantitative estimate of drug-likeness (QED) is 0.514. The maximum atomic E-state index is 5.87. The number of hydrogen-bond acceptors (Lipinski definition) is 4. The molecule has 0 aliphatic rings. The number of para-hydroxylation sites is 1. The van der Waals surface area contributed by atoms with E-state index in [1.165, 1.54) is 5.46 Å². The molecular formula is C21H22BN3O2. The number of rotatable bonds is 5. The Kier molecular flexibility index (Phi) is 4.48. The fourth-order valence-electron chi connectivity index (χ4n) is 3.68. The first-order valence-electron chi connectivity index (χ1n) is 9.13. The number of ether oxygens (including phenoxy) is 1. The molecule has 2 heterocycles. The van der Waals surface area contributed by atoms with Gasteiger partial charge in [-0.2, -0.15) is 0 Å². The number of benzene rings is 2. The van der Waals surface area contributed by atoms with Gasteiger partial charge in [0.05, 0.1) is 23.3 Å². The van der Waals surface area contributed by atoms with Crippen molar-refractivity contribution in [2.45, 2.75) is 27.3 Å². The number of imidazole rings is 1. The average Bonchev–Trinajstić information content (AvgIpc) is 3.15. The zero-order chi connectivity index (χ0) is 19.0. The highest BCUT2D eigenvalue weighted by Gasteiger charge is 2.16. The molecule has 2 aromatic carbocycles. The summed E-state index contributed by atoms with van der Waals surface area (Å²) >= 11 is 0. The van der Waals surface area contributed by atoms with Gasteiger partial charge in [0.15, 0.2) is 0 Å². The highest BCUT2D eigenvalue weighted by Crippen LogP contribution is 2.28. The van der Waals surface area contributed by atoms with Crippen molar-refractivity contribution in [1.82, 2.24) is 14.7 Å². The highest BCUT2D eigenvalue weighted by molar-refractivity contribution is 6.38. The zero-order valence-corrected chi connectivity index (χ0v) is 16.1. The standard InChI is InChI=1S/C21H22BN3O2/c1-13-20(14(2)27-24-13)16-11-18(22)21-19(12-16)23-15(3)25(21)9-10-26-17-7-5-4-6-8-17/h4-8,11-12H,9-10,22H2,1-3H3. The molecule has 27 heavy (non-hydrogen) atoms. The third-order valence-electron chi connectivity index (χ3n) is 4.87. The van der Waals surface area contributed by atoms with E-state index in [0.717, 1.165) is 51.7 Å². The van der Waals surface area contributed by atoms with Crippen LogP contribution in [0.3, 0.4) is 0 Å². The van der Waals surface area contributed by atoms with Crippen LogP contribution < -0.4 is 10.2 Å². The van der Waals surface area contributed by atoms with Crippen LogP contribution in [0.4, 0.5) is 0 Å². The second-order valence-corrected chi connectivity index (χ2v) is 6.83. The lowest BCUT2D eigenvalue weighted by Gasteiger charge is -2.11. The normalized spacial score (nSPS) is 11.2. The molecule has 0 N–H and O–H groups in total. The first kappa shape index (κ1) is 17.4. The number of nitrogens with zero attached hydrogens (tertiary/aromatic N) is 3. The molecule has 136 valence electrons. The molecule has 0 saturated heterocycles. The van der Waals surface area contributed by atoms with E-state index in [0.29, 0.717) is 6.61 Å². The van der Waals surface area contributed by atoms with Crippen LogP contribution in [0.15, 0.2) is 47.0 Å². The van der Waals surface area contributed by atoms with Gasteiger partial charge in [0.1, 0.15) is 31.8 Å². The van der Waals surface area contributed by atoms with E-state index < -0.39 is 0 Å². The Balaban J connectivity index is 1.66. The first-order valence-corrected chi connectivity index (χ1v) is 9.13. The van der Waals surface area contributed by atoms with Crippen molar-refractivity contribution in [2.24, 2.45) is 0 Å². The van der Waals surface area contributed by atoms with Gasteiger partial charge in [0, 0.05) is 5.56 Å². The van der Waals surface area contributed by atoms with E-state index in [1.54, 1.807) is 0 Å². The van der Waals surface area contributed by atoms with Crippen molar-refractivity contribution in [2.75, 3.05) is 6.61 Å². The Labute approximate surface area is 159 Å². The predicted octanol–water partition coefficient (Wildman–Crippen LogP) is 2.95. The molecule has 0 saturated carbocycles. The highest BCUT2D eigenvalue weighted by atomic mass is 16.5. The lowest BCUT2D eigenvalue weighted by atomic mass is 9.90. The van der Waals surface area contributed by atoms with Crippen molar-refractivity contribution in [3.63, 3.8) is 0 Å². The molecule has 6 heteroatoms. The summed E-state index contributed by atoms with van der Waals surface area (Å²) in [6.07, 6.45) is 0. The van der Waals surface area contributed by atoms with Gasteiger partial charge in [-0.3, -0.25) is 0 Å². The van der Waals surface area contributed by atoms with Gasteiger partial charge >= 0.3 is 0 Å².